The molecule has 0 aromatic heterocycles. The third kappa shape index (κ3) is 5.62. The van der Waals surface area contributed by atoms with Crippen molar-refractivity contribution in [1.82, 2.24) is 0 Å². The highest BCUT2D eigenvalue weighted by Crippen LogP contribution is 2.28. The van der Waals surface area contributed by atoms with Crippen molar-refractivity contribution in [3.05, 3.63) is 29.8 Å². The molecule has 1 aliphatic rings. The standard InChI is InChI=1S/C16H25NO2/c1-2-3-13-6-8-15(9-7-13)17-10-16(18)12-19-11-14-4-5-14/h6-9,14,16-18H,2-5,10-12H2,1H3. The highest BCUT2D eigenvalue weighted by molar-refractivity contribution is 5.44. The second-order valence-electron chi connectivity index (χ2n) is 5.46. The number of aliphatic hydroxyl groups is 1. The Bertz CT molecular complexity index is 360. The van der Waals surface area contributed by atoms with E-state index >= 15 is 0 Å². The Hall–Kier alpha value is -1.06. The fraction of sp³-hybridized carbons (Fsp3) is 0.625. The maximum atomic E-state index is 9.80. The summed E-state index contributed by atoms with van der Waals surface area (Å²) >= 11 is 0. The highest BCUT2D eigenvalue weighted by Gasteiger charge is 2.21. The second kappa shape index (κ2) is 7.51. The van der Waals surface area contributed by atoms with Crippen LogP contribution in [-0.2, 0) is 11.2 Å². The summed E-state index contributed by atoms with van der Waals surface area (Å²) in [6, 6.07) is 8.43. The van der Waals surface area contributed by atoms with Gasteiger partial charge in [-0.2, -0.15) is 0 Å². The molecule has 1 unspecified atom stereocenters. The quantitative estimate of drug-likeness (QED) is 0.720. The molecule has 0 heterocycles. The first-order chi connectivity index (χ1) is 9.28. The van der Waals surface area contributed by atoms with Crippen LogP contribution in [0.15, 0.2) is 24.3 Å². The summed E-state index contributed by atoms with van der Waals surface area (Å²) in [4.78, 5) is 0. The van der Waals surface area contributed by atoms with Crippen LogP contribution >= 0.6 is 0 Å². The molecule has 3 nitrogen and oxygen atoms in total. The zero-order valence-electron chi connectivity index (χ0n) is 11.8. The van der Waals surface area contributed by atoms with Crippen LogP contribution in [0.1, 0.15) is 31.7 Å². The van der Waals surface area contributed by atoms with Gasteiger partial charge >= 0.3 is 0 Å². The molecule has 1 aliphatic carbocycles. The van der Waals surface area contributed by atoms with Crippen LogP contribution in [0.25, 0.3) is 0 Å². The lowest BCUT2D eigenvalue weighted by molar-refractivity contribution is 0.0386. The first-order valence-electron chi connectivity index (χ1n) is 7.36. The van der Waals surface area contributed by atoms with Gasteiger partial charge in [0.15, 0.2) is 0 Å². The Labute approximate surface area is 116 Å². The first-order valence-corrected chi connectivity index (χ1v) is 7.36. The van der Waals surface area contributed by atoms with Gasteiger partial charge in [-0.15, -0.1) is 0 Å². The minimum Gasteiger partial charge on any atom is -0.389 e. The van der Waals surface area contributed by atoms with Crippen LogP contribution < -0.4 is 5.32 Å². The summed E-state index contributed by atoms with van der Waals surface area (Å²) < 4.78 is 5.47. The van der Waals surface area contributed by atoms with Gasteiger partial charge in [0.1, 0.15) is 0 Å². The van der Waals surface area contributed by atoms with E-state index < -0.39 is 6.10 Å². The number of hydrogen-bond acceptors (Lipinski definition) is 3. The number of ether oxygens (including phenoxy) is 1. The molecular weight excluding hydrogens is 238 g/mol. The molecule has 0 saturated heterocycles. The van der Waals surface area contributed by atoms with Gasteiger partial charge < -0.3 is 15.2 Å². The van der Waals surface area contributed by atoms with Gasteiger partial charge in [-0.25, -0.2) is 0 Å². The van der Waals surface area contributed by atoms with Gasteiger partial charge in [-0.3, -0.25) is 0 Å². The van der Waals surface area contributed by atoms with Gasteiger partial charge in [-0.1, -0.05) is 25.5 Å². The molecule has 1 fully saturated rings. The van der Waals surface area contributed by atoms with Gasteiger partial charge in [-0.05, 0) is 42.9 Å². The average Bonchev–Trinajstić information content (AvgIpc) is 3.22. The Morgan fingerprint density at radius 1 is 1.32 bits per heavy atom. The summed E-state index contributed by atoms with van der Waals surface area (Å²) in [5, 5.41) is 13.0. The fourth-order valence-corrected chi connectivity index (χ4v) is 2.03. The van der Waals surface area contributed by atoms with E-state index in [0.717, 1.165) is 24.6 Å². The maximum Gasteiger partial charge on any atom is 0.0945 e. The van der Waals surface area contributed by atoms with Crippen molar-refractivity contribution in [2.24, 2.45) is 5.92 Å². The summed E-state index contributed by atoms with van der Waals surface area (Å²) in [6.07, 6.45) is 4.44. The van der Waals surface area contributed by atoms with Gasteiger partial charge in [0.05, 0.1) is 12.7 Å². The van der Waals surface area contributed by atoms with E-state index in [4.69, 9.17) is 4.74 Å². The number of anilines is 1. The molecule has 2 N–H and O–H groups in total. The van der Waals surface area contributed by atoms with Crippen LogP contribution in [0.5, 0.6) is 0 Å². The molecule has 0 bridgehead atoms. The van der Waals surface area contributed by atoms with E-state index in [0.29, 0.717) is 13.2 Å². The molecular formula is C16H25NO2. The molecule has 3 heteroatoms. The predicted octanol–water partition coefficient (Wildman–Crippen LogP) is 2.84. The van der Waals surface area contributed by atoms with Crippen LogP contribution in [0.2, 0.25) is 0 Å². The normalized spacial score (nSPS) is 16.3. The number of aliphatic hydroxyl groups excluding tert-OH is 1. The van der Waals surface area contributed by atoms with Gasteiger partial charge in [0.2, 0.25) is 0 Å². The van der Waals surface area contributed by atoms with E-state index in [2.05, 4.69) is 36.5 Å². The summed E-state index contributed by atoms with van der Waals surface area (Å²) in [5.41, 5.74) is 2.42. The lowest BCUT2D eigenvalue weighted by atomic mass is 10.1. The van der Waals surface area contributed by atoms with Crippen LogP contribution in [0.3, 0.4) is 0 Å². The van der Waals surface area contributed by atoms with E-state index in [1.807, 2.05) is 0 Å². The summed E-state index contributed by atoms with van der Waals surface area (Å²) in [5.74, 6) is 0.756. The number of hydrogen-bond donors (Lipinski definition) is 2. The second-order valence-corrected chi connectivity index (χ2v) is 5.46. The molecule has 0 spiro atoms. The Morgan fingerprint density at radius 3 is 2.68 bits per heavy atom. The van der Waals surface area contributed by atoms with Crippen molar-refractivity contribution in [2.75, 3.05) is 25.1 Å². The fourth-order valence-electron chi connectivity index (χ4n) is 2.03. The largest absolute Gasteiger partial charge is 0.389 e. The van der Waals surface area contributed by atoms with Crippen molar-refractivity contribution < 1.29 is 9.84 Å². The molecule has 0 amide bonds. The number of nitrogens with one attached hydrogen (secondary N) is 1. The Morgan fingerprint density at radius 2 is 2.05 bits per heavy atom. The molecule has 106 valence electrons. The van der Waals surface area contributed by atoms with E-state index in [9.17, 15) is 5.11 Å². The van der Waals surface area contributed by atoms with Crippen molar-refractivity contribution in [3.63, 3.8) is 0 Å². The lowest BCUT2D eigenvalue weighted by Crippen LogP contribution is -2.25. The average molecular weight is 263 g/mol. The number of benzene rings is 1. The van der Waals surface area contributed by atoms with E-state index in [-0.39, 0.29) is 0 Å². The molecule has 1 saturated carbocycles. The highest BCUT2D eigenvalue weighted by atomic mass is 16.5. The maximum absolute atomic E-state index is 9.80. The van der Waals surface area contributed by atoms with Crippen LogP contribution in [-0.4, -0.2) is 31.0 Å². The number of aryl methyl sites for hydroxylation is 1. The molecule has 2 rings (SSSR count). The lowest BCUT2D eigenvalue weighted by Gasteiger charge is -2.13. The monoisotopic (exact) mass is 263 g/mol. The van der Waals surface area contributed by atoms with E-state index in [1.54, 1.807) is 0 Å². The third-order valence-corrected chi connectivity index (χ3v) is 3.40. The molecule has 0 aliphatic heterocycles. The van der Waals surface area contributed by atoms with Crippen molar-refractivity contribution in [3.8, 4) is 0 Å². The minimum absolute atomic E-state index is 0.428. The summed E-state index contributed by atoms with van der Waals surface area (Å²) in [7, 11) is 0. The minimum atomic E-state index is -0.436. The van der Waals surface area contributed by atoms with E-state index in [1.165, 1.54) is 24.8 Å². The zero-order valence-corrected chi connectivity index (χ0v) is 11.8. The van der Waals surface area contributed by atoms with Crippen LogP contribution in [0, 0.1) is 5.92 Å². The zero-order chi connectivity index (χ0) is 13.5. The topological polar surface area (TPSA) is 41.5 Å². The smallest absolute Gasteiger partial charge is 0.0945 e. The van der Waals surface area contributed by atoms with Crippen LogP contribution in [0.4, 0.5) is 5.69 Å². The third-order valence-electron chi connectivity index (χ3n) is 3.40. The molecule has 1 aromatic carbocycles. The molecule has 1 aromatic rings. The van der Waals surface area contributed by atoms with Crippen molar-refractivity contribution >= 4 is 5.69 Å². The van der Waals surface area contributed by atoms with Gasteiger partial charge in [0.25, 0.3) is 0 Å². The Balaban J connectivity index is 1.62. The SMILES string of the molecule is CCCc1ccc(NCC(O)COCC2CC2)cc1. The molecule has 0 radical (unpaired) electrons. The number of rotatable bonds is 9. The molecule has 19 heavy (non-hydrogen) atoms. The Kier molecular flexibility index (Phi) is 5.67. The molecule has 1 atom stereocenters. The van der Waals surface area contributed by atoms with Crippen molar-refractivity contribution in [2.45, 2.75) is 38.7 Å². The summed E-state index contributed by atoms with van der Waals surface area (Å²) in [6.45, 7) is 3.96. The predicted molar refractivity (Wildman–Crippen MR) is 78.5 cm³/mol. The first kappa shape index (κ1) is 14.4. The van der Waals surface area contributed by atoms with Gasteiger partial charge in [0, 0.05) is 18.8 Å². The van der Waals surface area contributed by atoms with Crippen molar-refractivity contribution in [1.29, 1.82) is 0 Å².